The normalized spacial score (nSPS) is 12.9. The molecule has 0 saturated heterocycles. The van der Waals surface area contributed by atoms with Crippen LogP contribution in [-0.4, -0.2) is 4.57 Å². The lowest BCUT2D eigenvalue weighted by Crippen LogP contribution is -2.16. The van der Waals surface area contributed by atoms with Gasteiger partial charge in [0.05, 0.1) is 16.7 Å². The third-order valence-electron chi connectivity index (χ3n) is 11.2. The molecule has 0 spiro atoms. The van der Waals surface area contributed by atoms with Crippen molar-refractivity contribution in [2.75, 3.05) is 4.90 Å². The average Bonchev–Trinajstić information content (AvgIpc) is 3.68. The van der Waals surface area contributed by atoms with Gasteiger partial charge in [-0.1, -0.05) is 159 Å². The van der Waals surface area contributed by atoms with Gasteiger partial charge >= 0.3 is 0 Å². The summed E-state index contributed by atoms with van der Waals surface area (Å²) in [5.41, 5.74) is 17.0. The number of hydrogen-bond acceptors (Lipinski definition) is 1. The van der Waals surface area contributed by atoms with E-state index in [1.165, 1.54) is 72.0 Å². The first-order valence-corrected chi connectivity index (χ1v) is 18.4. The van der Waals surface area contributed by atoms with E-state index in [-0.39, 0.29) is 5.41 Å². The van der Waals surface area contributed by atoms with E-state index in [0.29, 0.717) is 0 Å². The second-order valence-corrected chi connectivity index (χ2v) is 14.6. The third-order valence-corrected chi connectivity index (χ3v) is 11.2. The minimum Gasteiger partial charge on any atom is -0.310 e. The van der Waals surface area contributed by atoms with Crippen LogP contribution in [-0.2, 0) is 5.41 Å². The largest absolute Gasteiger partial charge is 0.310 e. The van der Waals surface area contributed by atoms with Gasteiger partial charge in [-0.3, -0.25) is 0 Å². The number of benzene rings is 8. The van der Waals surface area contributed by atoms with E-state index in [9.17, 15) is 0 Å². The monoisotopic (exact) mass is 678 g/mol. The molecule has 0 aliphatic heterocycles. The second kappa shape index (κ2) is 12.3. The number of nitrogens with zero attached hydrogens (tertiary/aromatic N) is 2. The summed E-state index contributed by atoms with van der Waals surface area (Å²) in [5.74, 6) is 0. The SMILES string of the molecule is CC1(C)c2ccccc2-c2c(N(c3cccc(-c4ccccc4)c3)c3ccc4c5c(-c6ccccc6)cccc5n(-c5ccccc5)c4c3)cccc21. The van der Waals surface area contributed by atoms with E-state index >= 15 is 0 Å². The molecule has 0 bridgehead atoms. The van der Waals surface area contributed by atoms with Crippen molar-refractivity contribution in [3.8, 4) is 39.1 Å². The molecule has 1 heterocycles. The molecule has 1 aliphatic rings. The summed E-state index contributed by atoms with van der Waals surface area (Å²) in [6.07, 6.45) is 0. The van der Waals surface area contributed by atoms with Crippen molar-refractivity contribution >= 4 is 38.9 Å². The Morgan fingerprint density at radius 3 is 1.83 bits per heavy atom. The number of anilines is 3. The zero-order chi connectivity index (χ0) is 35.5. The van der Waals surface area contributed by atoms with Gasteiger partial charge in [-0.25, -0.2) is 0 Å². The van der Waals surface area contributed by atoms with Crippen molar-refractivity contribution in [1.29, 1.82) is 0 Å². The van der Waals surface area contributed by atoms with Crippen LogP contribution in [0.25, 0.3) is 60.9 Å². The Morgan fingerprint density at radius 2 is 1.04 bits per heavy atom. The maximum absolute atomic E-state index is 2.48. The highest BCUT2D eigenvalue weighted by molar-refractivity contribution is 6.16. The summed E-state index contributed by atoms with van der Waals surface area (Å²) < 4.78 is 2.44. The highest BCUT2D eigenvalue weighted by atomic mass is 15.1. The Balaban J connectivity index is 1.28. The van der Waals surface area contributed by atoms with Crippen molar-refractivity contribution in [2.24, 2.45) is 0 Å². The zero-order valence-electron chi connectivity index (χ0n) is 29.9. The molecule has 0 amide bonds. The van der Waals surface area contributed by atoms with E-state index in [1.807, 2.05) is 0 Å². The smallest absolute Gasteiger partial charge is 0.0562 e. The van der Waals surface area contributed by atoms with E-state index in [4.69, 9.17) is 0 Å². The first kappa shape index (κ1) is 31.1. The Bertz CT molecular complexity index is 2790. The van der Waals surface area contributed by atoms with Crippen LogP contribution in [0, 0.1) is 0 Å². The van der Waals surface area contributed by atoms with Crippen molar-refractivity contribution in [1.82, 2.24) is 4.57 Å². The average molecular weight is 679 g/mol. The quantitative estimate of drug-likeness (QED) is 0.170. The van der Waals surface area contributed by atoms with Gasteiger partial charge in [-0.2, -0.15) is 0 Å². The summed E-state index contributed by atoms with van der Waals surface area (Å²) in [7, 11) is 0. The number of fused-ring (bicyclic) bond motifs is 6. The molecule has 0 unspecified atom stereocenters. The van der Waals surface area contributed by atoms with Crippen LogP contribution in [0.5, 0.6) is 0 Å². The van der Waals surface area contributed by atoms with Crippen LogP contribution in [0.3, 0.4) is 0 Å². The van der Waals surface area contributed by atoms with E-state index in [1.54, 1.807) is 0 Å². The first-order valence-electron chi connectivity index (χ1n) is 18.4. The van der Waals surface area contributed by atoms with Gasteiger partial charge in [0.2, 0.25) is 0 Å². The number of hydrogen-bond donors (Lipinski definition) is 0. The summed E-state index contributed by atoms with van der Waals surface area (Å²) in [4.78, 5) is 2.48. The lowest BCUT2D eigenvalue weighted by molar-refractivity contribution is 0.660. The number of rotatable bonds is 6. The van der Waals surface area contributed by atoms with Gasteiger partial charge in [0.15, 0.2) is 0 Å². The molecule has 252 valence electrons. The molecule has 0 atom stereocenters. The Kier molecular flexibility index (Phi) is 7.19. The van der Waals surface area contributed by atoms with Crippen LogP contribution >= 0.6 is 0 Å². The summed E-state index contributed by atoms with van der Waals surface area (Å²) in [6.45, 7) is 4.72. The standard InChI is InChI=1S/C51H38N2/c1-51(2)44-27-13-12-25-42(44)50-45(51)28-16-30-47(50)52(39-24-14-21-37(33-39)35-17-6-3-7-18-35)40-31-32-43-48(34-40)53(38-22-10-5-11-23-38)46-29-15-26-41(49(43)46)36-19-8-4-9-20-36/h3-34H,1-2H3. The first-order chi connectivity index (χ1) is 26.1. The highest BCUT2D eigenvalue weighted by Gasteiger charge is 2.37. The minimum atomic E-state index is -0.114. The maximum atomic E-state index is 2.48. The molecule has 2 nitrogen and oxygen atoms in total. The molecule has 0 radical (unpaired) electrons. The molecule has 0 N–H and O–H groups in total. The molecular weight excluding hydrogens is 641 g/mol. The van der Waals surface area contributed by atoms with Crippen LogP contribution in [0.2, 0.25) is 0 Å². The third kappa shape index (κ3) is 4.94. The number of aromatic nitrogens is 1. The van der Waals surface area contributed by atoms with Gasteiger partial charge in [-0.05, 0) is 87.5 Å². The molecule has 10 rings (SSSR count). The van der Waals surface area contributed by atoms with Crippen molar-refractivity contribution in [3.05, 3.63) is 205 Å². The fraction of sp³-hybridized carbons (Fsp3) is 0.0588. The molecular formula is C51H38N2. The molecule has 53 heavy (non-hydrogen) atoms. The maximum Gasteiger partial charge on any atom is 0.0562 e. The fourth-order valence-electron chi connectivity index (χ4n) is 8.71. The number of para-hydroxylation sites is 1. The lowest BCUT2D eigenvalue weighted by Gasteiger charge is -2.29. The van der Waals surface area contributed by atoms with Crippen molar-refractivity contribution < 1.29 is 0 Å². The molecule has 0 saturated carbocycles. The van der Waals surface area contributed by atoms with Gasteiger partial charge in [0.1, 0.15) is 0 Å². The molecule has 1 aromatic heterocycles. The summed E-state index contributed by atoms with van der Waals surface area (Å²) >= 11 is 0. The second-order valence-electron chi connectivity index (χ2n) is 14.6. The molecule has 2 heteroatoms. The van der Waals surface area contributed by atoms with Crippen LogP contribution in [0.1, 0.15) is 25.0 Å². The topological polar surface area (TPSA) is 8.17 Å². The highest BCUT2D eigenvalue weighted by Crippen LogP contribution is 2.54. The van der Waals surface area contributed by atoms with E-state index in [0.717, 1.165) is 17.1 Å². The van der Waals surface area contributed by atoms with Gasteiger partial charge in [0.25, 0.3) is 0 Å². The zero-order valence-corrected chi connectivity index (χ0v) is 29.9. The Labute approximate surface area is 310 Å². The lowest BCUT2D eigenvalue weighted by atomic mass is 9.82. The summed E-state index contributed by atoms with van der Waals surface area (Å²) in [6, 6.07) is 70.8. The Morgan fingerprint density at radius 1 is 0.434 bits per heavy atom. The minimum absolute atomic E-state index is 0.114. The van der Waals surface area contributed by atoms with E-state index < -0.39 is 0 Å². The molecule has 1 aliphatic carbocycles. The molecule has 8 aromatic carbocycles. The van der Waals surface area contributed by atoms with Gasteiger partial charge < -0.3 is 9.47 Å². The van der Waals surface area contributed by atoms with E-state index in [2.05, 4.69) is 217 Å². The fourth-order valence-corrected chi connectivity index (χ4v) is 8.71. The Hall–Kier alpha value is -6.64. The van der Waals surface area contributed by atoms with Crippen LogP contribution < -0.4 is 4.90 Å². The van der Waals surface area contributed by atoms with Crippen LogP contribution in [0.15, 0.2) is 194 Å². The van der Waals surface area contributed by atoms with Crippen molar-refractivity contribution in [3.63, 3.8) is 0 Å². The van der Waals surface area contributed by atoms with Gasteiger partial charge in [0, 0.05) is 38.8 Å². The summed E-state index contributed by atoms with van der Waals surface area (Å²) in [5, 5.41) is 2.49. The predicted molar refractivity (Wildman–Crippen MR) is 224 cm³/mol. The predicted octanol–water partition coefficient (Wildman–Crippen LogP) is 13.9. The van der Waals surface area contributed by atoms with Crippen molar-refractivity contribution in [2.45, 2.75) is 19.3 Å². The van der Waals surface area contributed by atoms with Crippen LogP contribution in [0.4, 0.5) is 17.1 Å². The molecule has 0 fully saturated rings. The van der Waals surface area contributed by atoms with Gasteiger partial charge in [-0.15, -0.1) is 0 Å². The molecule has 9 aromatic rings.